The molecule has 1 aromatic carbocycles. The quantitative estimate of drug-likeness (QED) is 0.697. The van der Waals surface area contributed by atoms with Crippen molar-refractivity contribution >= 4 is 10.8 Å². The van der Waals surface area contributed by atoms with Crippen molar-refractivity contribution in [2.24, 2.45) is 0 Å². The van der Waals surface area contributed by atoms with Crippen LogP contribution in [0.5, 0.6) is 0 Å². The van der Waals surface area contributed by atoms with Crippen LogP contribution in [0.3, 0.4) is 0 Å². The van der Waals surface area contributed by atoms with E-state index in [1.165, 1.54) is 67.2 Å². The van der Waals surface area contributed by atoms with Crippen LogP contribution in [-0.2, 0) is 5.41 Å². The summed E-state index contributed by atoms with van der Waals surface area (Å²) in [7, 11) is 0. The first-order chi connectivity index (χ1) is 12.3. The highest BCUT2D eigenvalue weighted by Gasteiger charge is 2.39. The van der Waals surface area contributed by atoms with Crippen molar-refractivity contribution < 1.29 is 0 Å². The fraction of sp³-hybridized carbons (Fsp3) is 0.364. The van der Waals surface area contributed by atoms with Gasteiger partial charge in [0, 0.05) is 41.5 Å². The van der Waals surface area contributed by atoms with Crippen LogP contribution in [-0.4, -0.2) is 34.5 Å². The lowest BCUT2D eigenvalue weighted by atomic mass is 9.69. The van der Waals surface area contributed by atoms with E-state index in [2.05, 4.69) is 52.5 Å². The highest BCUT2D eigenvalue weighted by Crippen LogP contribution is 2.41. The molecule has 2 saturated heterocycles. The van der Waals surface area contributed by atoms with Gasteiger partial charge in [-0.2, -0.15) is 0 Å². The van der Waals surface area contributed by atoms with Crippen molar-refractivity contribution in [3.63, 3.8) is 0 Å². The van der Waals surface area contributed by atoms with Gasteiger partial charge in [-0.1, -0.05) is 24.3 Å². The Balaban J connectivity index is 1.53. The Kier molecular flexibility index (Phi) is 3.56. The Morgan fingerprint density at radius 3 is 2.60 bits per heavy atom. The van der Waals surface area contributed by atoms with E-state index in [0.29, 0.717) is 5.41 Å². The van der Waals surface area contributed by atoms with Gasteiger partial charge in [-0.25, -0.2) is 0 Å². The highest BCUT2D eigenvalue weighted by molar-refractivity contribution is 5.95. The number of pyridine rings is 2. The maximum atomic E-state index is 4.88. The molecule has 2 bridgehead atoms. The van der Waals surface area contributed by atoms with Gasteiger partial charge in [0.15, 0.2) is 0 Å². The molecule has 5 rings (SSSR count). The predicted octanol–water partition coefficient (Wildman–Crippen LogP) is 4.42. The monoisotopic (exact) mass is 329 g/mol. The standard InChI is InChI=1S/C22H23N3/c1-4-17-14-23-11-8-19(17)20(5-1)21-7-6-18(15-24-21)22-9-2-12-25(16-22)13-3-10-22/h1,4-8,11,14-15H,2-3,9-10,12-13,16H2. The van der Waals surface area contributed by atoms with Crippen molar-refractivity contribution in [1.82, 2.24) is 14.9 Å². The Labute approximate surface area is 148 Å². The van der Waals surface area contributed by atoms with Crippen molar-refractivity contribution in [3.05, 3.63) is 60.6 Å². The van der Waals surface area contributed by atoms with Crippen molar-refractivity contribution in [1.29, 1.82) is 0 Å². The Hall–Kier alpha value is -2.26. The van der Waals surface area contributed by atoms with Crippen LogP contribution >= 0.6 is 0 Å². The first kappa shape index (κ1) is 15.0. The number of piperidine rings is 2. The van der Waals surface area contributed by atoms with Crippen LogP contribution in [0.15, 0.2) is 55.0 Å². The third kappa shape index (κ3) is 2.54. The molecular weight excluding hydrogens is 306 g/mol. The zero-order valence-corrected chi connectivity index (χ0v) is 14.5. The molecule has 0 N–H and O–H groups in total. The second-order valence-electron chi connectivity index (χ2n) is 7.60. The van der Waals surface area contributed by atoms with Gasteiger partial charge in [-0.3, -0.25) is 9.97 Å². The molecule has 3 nitrogen and oxygen atoms in total. The van der Waals surface area contributed by atoms with Crippen molar-refractivity contribution in [3.8, 4) is 11.3 Å². The fourth-order valence-electron chi connectivity index (χ4n) is 4.86. The molecule has 0 unspecified atom stereocenters. The van der Waals surface area contributed by atoms with Gasteiger partial charge in [0.05, 0.1) is 5.69 Å². The fourth-order valence-corrected chi connectivity index (χ4v) is 4.86. The third-order valence-corrected chi connectivity index (χ3v) is 6.12. The zero-order valence-electron chi connectivity index (χ0n) is 14.5. The first-order valence-electron chi connectivity index (χ1n) is 9.36. The van der Waals surface area contributed by atoms with Gasteiger partial charge in [-0.15, -0.1) is 0 Å². The zero-order chi connectivity index (χ0) is 16.7. The third-order valence-electron chi connectivity index (χ3n) is 6.12. The minimum Gasteiger partial charge on any atom is -0.302 e. The van der Waals surface area contributed by atoms with Crippen molar-refractivity contribution in [2.75, 3.05) is 19.6 Å². The summed E-state index contributed by atoms with van der Waals surface area (Å²) in [6.07, 6.45) is 11.2. The van der Waals surface area contributed by atoms with E-state index in [1.807, 2.05) is 12.4 Å². The summed E-state index contributed by atoms with van der Waals surface area (Å²) >= 11 is 0. The van der Waals surface area contributed by atoms with E-state index in [0.717, 1.165) is 5.69 Å². The maximum absolute atomic E-state index is 4.88. The smallest absolute Gasteiger partial charge is 0.0708 e. The molecule has 3 heteroatoms. The van der Waals surface area contributed by atoms with Crippen LogP contribution in [0.1, 0.15) is 31.2 Å². The molecule has 25 heavy (non-hydrogen) atoms. The summed E-state index contributed by atoms with van der Waals surface area (Å²) in [6.45, 7) is 3.77. The van der Waals surface area contributed by atoms with E-state index >= 15 is 0 Å². The van der Waals surface area contributed by atoms with Gasteiger partial charge in [0.2, 0.25) is 0 Å². The molecule has 126 valence electrons. The molecular formula is C22H23N3. The Morgan fingerprint density at radius 2 is 1.80 bits per heavy atom. The van der Waals surface area contributed by atoms with Crippen LogP contribution < -0.4 is 0 Å². The number of aromatic nitrogens is 2. The molecule has 2 fully saturated rings. The molecule has 2 aliphatic heterocycles. The van der Waals surface area contributed by atoms with E-state index in [1.54, 1.807) is 0 Å². The average molecular weight is 329 g/mol. The molecule has 0 aliphatic carbocycles. The summed E-state index contributed by atoms with van der Waals surface area (Å²) in [4.78, 5) is 11.7. The number of benzene rings is 1. The lowest BCUT2D eigenvalue weighted by Gasteiger charge is -2.47. The summed E-state index contributed by atoms with van der Waals surface area (Å²) in [5, 5.41) is 2.39. The molecule has 0 saturated carbocycles. The number of fused-ring (bicyclic) bond motifs is 3. The second kappa shape index (κ2) is 5.92. The van der Waals surface area contributed by atoms with Crippen LogP contribution in [0, 0.1) is 0 Å². The maximum Gasteiger partial charge on any atom is 0.0708 e. The van der Waals surface area contributed by atoms with Crippen LogP contribution in [0.2, 0.25) is 0 Å². The summed E-state index contributed by atoms with van der Waals surface area (Å²) in [6, 6.07) is 13.0. The summed E-state index contributed by atoms with van der Waals surface area (Å²) in [5.41, 5.74) is 4.02. The van der Waals surface area contributed by atoms with Gasteiger partial charge in [-0.05, 0) is 61.9 Å². The normalized spacial score (nSPS) is 25.8. The lowest BCUT2D eigenvalue weighted by molar-refractivity contribution is 0.0941. The topological polar surface area (TPSA) is 29.0 Å². The Morgan fingerprint density at radius 1 is 0.920 bits per heavy atom. The van der Waals surface area contributed by atoms with Crippen LogP contribution in [0.4, 0.5) is 0 Å². The average Bonchev–Trinajstić information content (AvgIpc) is 2.68. The highest BCUT2D eigenvalue weighted by atomic mass is 15.1. The summed E-state index contributed by atoms with van der Waals surface area (Å²) < 4.78 is 0. The van der Waals surface area contributed by atoms with Crippen LogP contribution in [0.25, 0.3) is 22.0 Å². The summed E-state index contributed by atoms with van der Waals surface area (Å²) in [5.74, 6) is 0. The molecule has 2 aromatic heterocycles. The SMILES string of the molecule is c1cc(-c2ccc(C34CCCN(CCC3)C4)cn2)c2ccncc2c1. The molecule has 4 heterocycles. The molecule has 0 radical (unpaired) electrons. The van der Waals surface area contributed by atoms with Gasteiger partial charge in [0.1, 0.15) is 0 Å². The lowest BCUT2D eigenvalue weighted by Crippen LogP contribution is -2.50. The molecule has 0 spiro atoms. The van der Waals surface area contributed by atoms with E-state index in [9.17, 15) is 0 Å². The van der Waals surface area contributed by atoms with E-state index in [-0.39, 0.29) is 0 Å². The molecule has 0 amide bonds. The minimum atomic E-state index is 0.338. The number of nitrogens with zero attached hydrogens (tertiary/aromatic N) is 3. The predicted molar refractivity (Wildman–Crippen MR) is 102 cm³/mol. The second-order valence-corrected chi connectivity index (χ2v) is 7.60. The van der Waals surface area contributed by atoms with E-state index < -0.39 is 0 Å². The number of rotatable bonds is 2. The largest absolute Gasteiger partial charge is 0.302 e. The molecule has 3 aromatic rings. The molecule has 2 aliphatic rings. The van der Waals surface area contributed by atoms with Gasteiger partial charge < -0.3 is 4.90 Å². The first-order valence-corrected chi connectivity index (χ1v) is 9.36. The van der Waals surface area contributed by atoms with Gasteiger partial charge in [0.25, 0.3) is 0 Å². The van der Waals surface area contributed by atoms with Crippen molar-refractivity contribution in [2.45, 2.75) is 31.1 Å². The minimum absolute atomic E-state index is 0.338. The Bertz CT molecular complexity index is 885. The number of hydrogen-bond acceptors (Lipinski definition) is 3. The molecule has 0 atom stereocenters. The number of hydrogen-bond donors (Lipinski definition) is 0. The van der Waals surface area contributed by atoms with E-state index in [4.69, 9.17) is 4.98 Å². The van der Waals surface area contributed by atoms with Gasteiger partial charge >= 0.3 is 0 Å².